The van der Waals surface area contributed by atoms with Crippen molar-refractivity contribution < 1.29 is 0 Å². The Kier molecular flexibility index (Phi) is 11.3. The maximum Gasteiger partial charge on any atom is 0.0530 e. The average molecular weight is 371 g/mol. The first-order chi connectivity index (χ1) is 11.8. The summed E-state index contributed by atoms with van der Waals surface area (Å²) in [6.07, 6.45) is 20.7. The fourth-order valence-electron chi connectivity index (χ4n) is 4.47. The molecule has 0 unspecified atom stereocenters. The zero-order valence-corrected chi connectivity index (χ0v) is 18.1. The molecule has 1 heterocycles. The van der Waals surface area contributed by atoms with Crippen molar-refractivity contribution in [3.8, 4) is 0 Å². The molecule has 2 heteroatoms. The van der Waals surface area contributed by atoms with Crippen LogP contribution in [0.3, 0.4) is 0 Å². The zero-order chi connectivity index (χ0) is 17.0. The molecule has 0 spiro atoms. The number of thioether (sulfide) groups is 2. The Balaban J connectivity index is 1.54. The van der Waals surface area contributed by atoms with Gasteiger partial charge in [-0.2, -0.15) is 0 Å². The highest BCUT2D eigenvalue weighted by Gasteiger charge is 2.31. The monoisotopic (exact) mass is 370 g/mol. The second-order valence-corrected chi connectivity index (χ2v) is 11.0. The van der Waals surface area contributed by atoms with Crippen LogP contribution in [0.2, 0.25) is 0 Å². The van der Waals surface area contributed by atoms with E-state index in [1.807, 2.05) is 0 Å². The summed E-state index contributed by atoms with van der Waals surface area (Å²) >= 11 is 4.66. The van der Waals surface area contributed by atoms with Crippen molar-refractivity contribution in [1.29, 1.82) is 0 Å². The Hall–Kier alpha value is 0.700. The first-order valence-electron chi connectivity index (χ1n) is 11.1. The van der Waals surface area contributed by atoms with Gasteiger partial charge in [-0.1, -0.05) is 84.5 Å². The molecule has 2 rings (SSSR count). The zero-order valence-electron chi connectivity index (χ0n) is 16.4. The lowest BCUT2D eigenvalue weighted by Gasteiger charge is -2.37. The van der Waals surface area contributed by atoms with E-state index < -0.39 is 0 Å². The molecule has 142 valence electrons. The lowest BCUT2D eigenvalue weighted by Crippen LogP contribution is -2.27. The van der Waals surface area contributed by atoms with E-state index in [2.05, 4.69) is 37.4 Å². The summed E-state index contributed by atoms with van der Waals surface area (Å²) in [7, 11) is 0. The molecule has 1 aliphatic carbocycles. The van der Waals surface area contributed by atoms with Crippen molar-refractivity contribution in [3.05, 3.63) is 0 Å². The van der Waals surface area contributed by atoms with Gasteiger partial charge in [0.05, 0.1) is 4.58 Å². The number of rotatable bonds is 11. The minimum absolute atomic E-state index is 0.943. The molecule has 24 heavy (non-hydrogen) atoms. The van der Waals surface area contributed by atoms with Gasteiger partial charge in [0.25, 0.3) is 0 Å². The van der Waals surface area contributed by atoms with Crippen LogP contribution in [-0.4, -0.2) is 16.1 Å². The summed E-state index contributed by atoms with van der Waals surface area (Å²) in [5.74, 6) is 6.04. The molecule has 0 aromatic carbocycles. The first kappa shape index (κ1) is 21.0. The van der Waals surface area contributed by atoms with Crippen molar-refractivity contribution in [2.75, 3.05) is 11.5 Å². The summed E-state index contributed by atoms with van der Waals surface area (Å²) in [4.78, 5) is 0. The SMILES string of the molecule is CCCCCCC1CCC(C2SCC(CCCCCC)CS2)CC1. The van der Waals surface area contributed by atoms with Crippen molar-refractivity contribution >= 4 is 23.5 Å². The van der Waals surface area contributed by atoms with Gasteiger partial charge >= 0.3 is 0 Å². The maximum atomic E-state index is 2.33. The number of hydrogen-bond acceptors (Lipinski definition) is 2. The summed E-state index contributed by atoms with van der Waals surface area (Å²) < 4.78 is 0.943. The van der Waals surface area contributed by atoms with E-state index in [1.165, 1.54) is 101 Å². The smallest absolute Gasteiger partial charge is 0.0530 e. The van der Waals surface area contributed by atoms with Gasteiger partial charge in [0.2, 0.25) is 0 Å². The number of unbranched alkanes of at least 4 members (excludes halogenated alkanes) is 6. The Morgan fingerprint density at radius 2 is 1.17 bits per heavy atom. The van der Waals surface area contributed by atoms with Crippen LogP contribution in [0.4, 0.5) is 0 Å². The molecule has 1 aliphatic heterocycles. The van der Waals surface area contributed by atoms with Crippen LogP contribution in [0, 0.1) is 17.8 Å². The van der Waals surface area contributed by atoms with Gasteiger partial charge in [-0.25, -0.2) is 0 Å². The Morgan fingerprint density at radius 3 is 1.71 bits per heavy atom. The third-order valence-corrected chi connectivity index (χ3v) is 9.77. The Labute approximate surface area is 161 Å². The molecule has 0 aromatic rings. The number of hydrogen-bond donors (Lipinski definition) is 0. The first-order valence-corrected chi connectivity index (χ1v) is 13.2. The molecular formula is C22H42S2. The lowest BCUT2D eigenvalue weighted by atomic mass is 9.80. The third-order valence-electron chi connectivity index (χ3n) is 6.20. The molecule has 2 fully saturated rings. The summed E-state index contributed by atoms with van der Waals surface area (Å²) in [5.41, 5.74) is 0. The third kappa shape index (κ3) is 7.94. The van der Waals surface area contributed by atoms with Crippen molar-refractivity contribution in [1.82, 2.24) is 0 Å². The van der Waals surface area contributed by atoms with E-state index in [-0.39, 0.29) is 0 Å². The Morgan fingerprint density at radius 1 is 0.625 bits per heavy atom. The minimum atomic E-state index is 0.943. The van der Waals surface area contributed by atoms with Gasteiger partial charge in [-0.05, 0) is 48.5 Å². The average Bonchev–Trinajstić information content (AvgIpc) is 2.64. The molecule has 1 saturated carbocycles. The summed E-state index contributed by atoms with van der Waals surface area (Å²) in [6.45, 7) is 4.64. The van der Waals surface area contributed by atoms with Crippen LogP contribution in [0.1, 0.15) is 104 Å². The van der Waals surface area contributed by atoms with Crippen molar-refractivity contribution in [2.24, 2.45) is 17.8 Å². The second kappa shape index (κ2) is 13.0. The van der Waals surface area contributed by atoms with Crippen molar-refractivity contribution in [3.63, 3.8) is 0 Å². The lowest BCUT2D eigenvalue weighted by molar-refractivity contribution is 0.269. The van der Waals surface area contributed by atoms with E-state index in [1.54, 1.807) is 0 Å². The molecule has 0 amide bonds. The highest BCUT2D eigenvalue weighted by Crippen LogP contribution is 2.45. The fourth-order valence-corrected chi connectivity index (χ4v) is 8.05. The normalized spacial score (nSPS) is 31.2. The van der Waals surface area contributed by atoms with E-state index in [4.69, 9.17) is 0 Å². The molecule has 0 atom stereocenters. The van der Waals surface area contributed by atoms with Crippen LogP contribution in [-0.2, 0) is 0 Å². The van der Waals surface area contributed by atoms with E-state index in [9.17, 15) is 0 Å². The van der Waals surface area contributed by atoms with Crippen LogP contribution < -0.4 is 0 Å². The van der Waals surface area contributed by atoms with Crippen molar-refractivity contribution in [2.45, 2.75) is 108 Å². The topological polar surface area (TPSA) is 0 Å². The molecule has 0 nitrogen and oxygen atoms in total. The molecule has 0 aromatic heterocycles. The van der Waals surface area contributed by atoms with Gasteiger partial charge in [0.15, 0.2) is 0 Å². The summed E-state index contributed by atoms with van der Waals surface area (Å²) in [6, 6.07) is 0. The molecule has 0 N–H and O–H groups in total. The van der Waals surface area contributed by atoms with E-state index in [0.29, 0.717) is 0 Å². The fraction of sp³-hybridized carbons (Fsp3) is 1.00. The van der Waals surface area contributed by atoms with Gasteiger partial charge in [-0.3, -0.25) is 0 Å². The molecule has 2 aliphatic rings. The standard InChI is InChI=1S/C22H42S2/c1-3-5-7-9-11-19-13-15-21(16-14-19)22-23-17-20(18-24-22)12-10-8-6-4-2/h19-22H,3-18H2,1-2H3. The molecule has 1 saturated heterocycles. The van der Waals surface area contributed by atoms with Crippen LogP contribution in [0.25, 0.3) is 0 Å². The van der Waals surface area contributed by atoms with Crippen LogP contribution >= 0.6 is 23.5 Å². The quantitative estimate of drug-likeness (QED) is 0.336. The largest absolute Gasteiger partial charge is 0.147 e. The summed E-state index contributed by atoms with van der Waals surface area (Å²) in [5, 5.41) is 0. The van der Waals surface area contributed by atoms with Crippen LogP contribution in [0.5, 0.6) is 0 Å². The predicted octanol–water partition coefficient (Wildman–Crippen LogP) is 8.16. The molecule has 0 radical (unpaired) electrons. The molecule has 0 bridgehead atoms. The van der Waals surface area contributed by atoms with E-state index >= 15 is 0 Å². The van der Waals surface area contributed by atoms with Gasteiger partial charge in [0, 0.05) is 0 Å². The van der Waals surface area contributed by atoms with E-state index in [0.717, 1.165) is 22.3 Å². The molecular weight excluding hydrogens is 328 g/mol. The van der Waals surface area contributed by atoms with Crippen LogP contribution in [0.15, 0.2) is 0 Å². The second-order valence-electron chi connectivity index (χ2n) is 8.38. The Bertz CT molecular complexity index is 258. The highest BCUT2D eigenvalue weighted by atomic mass is 32.2. The van der Waals surface area contributed by atoms with Gasteiger partial charge in [0.1, 0.15) is 0 Å². The van der Waals surface area contributed by atoms with Gasteiger partial charge in [-0.15, -0.1) is 23.5 Å². The maximum absolute atomic E-state index is 2.33. The highest BCUT2D eigenvalue weighted by molar-refractivity contribution is 8.17. The minimum Gasteiger partial charge on any atom is -0.147 e. The van der Waals surface area contributed by atoms with Gasteiger partial charge < -0.3 is 0 Å². The predicted molar refractivity (Wildman–Crippen MR) is 115 cm³/mol.